The third kappa shape index (κ3) is 4.70. The Morgan fingerprint density at radius 3 is 2.82 bits per heavy atom. The molecule has 122 valence electrons. The molecule has 1 saturated heterocycles. The molecule has 1 aromatic carbocycles. The summed E-state index contributed by atoms with van der Waals surface area (Å²) in [7, 11) is 1.43. The van der Waals surface area contributed by atoms with Crippen LogP contribution in [0.3, 0.4) is 0 Å². The number of halogens is 1. The lowest BCUT2D eigenvalue weighted by Crippen LogP contribution is -2.30. The van der Waals surface area contributed by atoms with E-state index in [1.165, 1.54) is 13.2 Å². The van der Waals surface area contributed by atoms with E-state index in [2.05, 4.69) is 10.6 Å². The topological polar surface area (TPSA) is 50.4 Å². The lowest BCUT2D eigenvalue weighted by Gasteiger charge is -2.22. The average molecular weight is 308 g/mol. The summed E-state index contributed by atoms with van der Waals surface area (Å²) < 4.78 is 18.6. The highest BCUT2D eigenvalue weighted by molar-refractivity contribution is 5.76. The van der Waals surface area contributed by atoms with E-state index in [0.29, 0.717) is 12.3 Å². The van der Waals surface area contributed by atoms with Gasteiger partial charge in [0.25, 0.3) is 0 Å². The standard InChI is InChI=1S/C17H25FN2O2/c1-12(14-4-5-16(22-2)15(18)11-14)20-17(21)6-3-13-7-9-19-10-8-13/h4-5,11-13,19H,3,6-10H2,1-2H3,(H,20,21). The van der Waals surface area contributed by atoms with Gasteiger partial charge in [0.2, 0.25) is 5.91 Å². The van der Waals surface area contributed by atoms with Crippen molar-refractivity contribution < 1.29 is 13.9 Å². The van der Waals surface area contributed by atoms with E-state index < -0.39 is 5.82 Å². The molecule has 5 heteroatoms. The van der Waals surface area contributed by atoms with Crippen LogP contribution >= 0.6 is 0 Å². The second-order valence-electron chi connectivity index (χ2n) is 5.92. The average Bonchev–Trinajstić information content (AvgIpc) is 2.53. The van der Waals surface area contributed by atoms with Crippen LogP contribution in [0.2, 0.25) is 0 Å². The zero-order valence-electron chi connectivity index (χ0n) is 13.3. The number of amides is 1. The van der Waals surface area contributed by atoms with Gasteiger partial charge in [-0.25, -0.2) is 4.39 Å². The van der Waals surface area contributed by atoms with Gasteiger partial charge in [0, 0.05) is 6.42 Å². The first kappa shape index (κ1) is 16.7. The lowest BCUT2D eigenvalue weighted by atomic mass is 9.93. The Kier molecular flexibility index (Phi) is 6.19. The molecule has 0 bridgehead atoms. The molecule has 1 aliphatic rings. The van der Waals surface area contributed by atoms with E-state index in [0.717, 1.165) is 37.9 Å². The highest BCUT2D eigenvalue weighted by atomic mass is 19.1. The van der Waals surface area contributed by atoms with Crippen LogP contribution in [-0.4, -0.2) is 26.1 Å². The largest absolute Gasteiger partial charge is 0.494 e. The Hall–Kier alpha value is -1.62. The van der Waals surface area contributed by atoms with Gasteiger partial charge in [0.05, 0.1) is 13.2 Å². The maximum atomic E-state index is 13.7. The van der Waals surface area contributed by atoms with Crippen molar-refractivity contribution >= 4 is 5.91 Å². The number of benzene rings is 1. The third-order valence-corrected chi connectivity index (χ3v) is 4.29. The molecular weight excluding hydrogens is 283 g/mol. The van der Waals surface area contributed by atoms with Crippen molar-refractivity contribution in [2.75, 3.05) is 20.2 Å². The fourth-order valence-electron chi connectivity index (χ4n) is 2.85. The lowest BCUT2D eigenvalue weighted by molar-refractivity contribution is -0.122. The summed E-state index contributed by atoms with van der Waals surface area (Å²) in [5.74, 6) is 0.479. The van der Waals surface area contributed by atoms with Gasteiger partial charge in [-0.1, -0.05) is 6.07 Å². The third-order valence-electron chi connectivity index (χ3n) is 4.29. The maximum absolute atomic E-state index is 13.7. The summed E-state index contributed by atoms with van der Waals surface area (Å²) in [4.78, 5) is 12.0. The fourth-order valence-corrected chi connectivity index (χ4v) is 2.85. The number of hydrogen-bond donors (Lipinski definition) is 2. The monoisotopic (exact) mass is 308 g/mol. The quantitative estimate of drug-likeness (QED) is 0.849. The van der Waals surface area contributed by atoms with Crippen LogP contribution in [0.5, 0.6) is 5.75 Å². The molecule has 2 N–H and O–H groups in total. The van der Waals surface area contributed by atoms with Gasteiger partial charge in [0.1, 0.15) is 0 Å². The van der Waals surface area contributed by atoms with Gasteiger partial charge in [0.15, 0.2) is 11.6 Å². The number of methoxy groups -OCH3 is 1. The zero-order valence-corrected chi connectivity index (χ0v) is 13.3. The summed E-state index contributed by atoms with van der Waals surface area (Å²) in [5, 5.41) is 6.26. The Morgan fingerprint density at radius 1 is 1.45 bits per heavy atom. The van der Waals surface area contributed by atoms with E-state index in [-0.39, 0.29) is 17.7 Å². The first-order chi connectivity index (χ1) is 10.6. The van der Waals surface area contributed by atoms with Crippen LogP contribution in [-0.2, 0) is 4.79 Å². The number of nitrogens with one attached hydrogen (secondary N) is 2. The van der Waals surface area contributed by atoms with E-state index >= 15 is 0 Å². The summed E-state index contributed by atoms with van der Waals surface area (Å²) in [6.45, 7) is 3.96. The molecule has 22 heavy (non-hydrogen) atoms. The van der Waals surface area contributed by atoms with E-state index in [1.54, 1.807) is 12.1 Å². The van der Waals surface area contributed by atoms with Crippen molar-refractivity contribution in [3.05, 3.63) is 29.6 Å². The Labute approximate surface area is 131 Å². The normalized spacial score (nSPS) is 17.0. The molecule has 1 fully saturated rings. The molecule has 0 saturated carbocycles. The van der Waals surface area contributed by atoms with Crippen LogP contribution in [0.4, 0.5) is 4.39 Å². The van der Waals surface area contributed by atoms with Crippen LogP contribution in [0.1, 0.15) is 44.2 Å². The Morgan fingerprint density at radius 2 is 2.18 bits per heavy atom. The summed E-state index contributed by atoms with van der Waals surface area (Å²) in [6, 6.07) is 4.57. The first-order valence-corrected chi connectivity index (χ1v) is 7.93. The van der Waals surface area contributed by atoms with Gasteiger partial charge >= 0.3 is 0 Å². The van der Waals surface area contributed by atoms with Crippen molar-refractivity contribution in [2.45, 2.75) is 38.6 Å². The molecule has 1 amide bonds. The SMILES string of the molecule is COc1ccc(C(C)NC(=O)CCC2CCNCC2)cc1F. The molecule has 0 spiro atoms. The summed E-state index contributed by atoms with van der Waals surface area (Å²) in [5.41, 5.74) is 0.744. The van der Waals surface area contributed by atoms with E-state index in [1.807, 2.05) is 6.92 Å². The number of hydrogen-bond acceptors (Lipinski definition) is 3. The molecule has 0 aromatic heterocycles. The summed E-state index contributed by atoms with van der Waals surface area (Å²) in [6.07, 6.45) is 3.75. The van der Waals surface area contributed by atoms with Crippen molar-refractivity contribution in [3.8, 4) is 5.75 Å². The maximum Gasteiger partial charge on any atom is 0.220 e. The van der Waals surface area contributed by atoms with Crippen molar-refractivity contribution in [1.29, 1.82) is 0 Å². The Balaban J connectivity index is 1.81. The van der Waals surface area contributed by atoms with E-state index in [9.17, 15) is 9.18 Å². The molecule has 1 heterocycles. The van der Waals surface area contributed by atoms with Gasteiger partial charge in [-0.05, 0) is 62.9 Å². The first-order valence-electron chi connectivity index (χ1n) is 7.93. The molecule has 0 radical (unpaired) electrons. The van der Waals surface area contributed by atoms with Crippen LogP contribution in [0.15, 0.2) is 18.2 Å². The van der Waals surface area contributed by atoms with Crippen LogP contribution < -0.4 is 15.4 Å². The highest BCUT2D eigenvalue weighted by Crippen LogP contribution is 2.22. The molecule has 1 aromatic rings. The zero-order chi connectivity index (χ0) is 15.9. The molecule has 1 aliphatic heterocycles. The Bertz CT molecular complexity index is 501. The molecule has 0 aliphatic carbocycles. The van der Waals surface area contributed by atoms with Gasteiger partial charge < -0.3 is 15.4 Å². The molecule has 1 atom stereocenters. The van der Waals surface area contributed by atoms with Crippen LogP contribution in [0, 0.1) is 11.7 Å². The molecule has 1 unspecified atom stereocenters. The van der Waals surface area contributed by atoms with Crippen molar-refractivity contribution in [2.24, 2.45) is 5.92 Å². The van der Waals surface area contributed by atoms with Crippen molar-refractivity contribution in [3.63, 3.8) is 0 Å². The second kappa shape index (κ2) is 8.13. The minimum atomic E-state index is -0.407. The highest BCUT2D eigenvalue weighted by Gasteiger charge is 2.16. The number of ether oxygens (including phenoxy) is 1. The van der Waals surface area contributed by atoms with Crippen molar-refractivity contribution in [1.82, 2.24) is 10.6 Å². The smallest absolute Gasteiger partial charge is 0.220 e. The molecule has 4 nitrogen and oxygen atoms in total. The fraction of sp³-hybridized carbons (Fsp3) is 0.588. The number of carbonyl (C=O) groups is 1. The molecular formula is C17H25FN2O2. The minimum Gasteiger partial charge on any atom is -0.494 e. The van der Waals surface area contributed by atoms with Crippen LogP contribution in [0.25, 0.3) is 0 Å². The number of rotatable bonds is 6. The van der Waals surface area contributed by atoms with E-state index in [4.69, 9.17) is 4.74 Å². The van der Waals surface area contributed by atoms with Gasteiger partial charge in [-0.3, -0.25) is 4.79 Å². The second-order valence-corrected chi connectivity index (χ2v) is 5.92. The van der Waals surface area contributed by atoms with Gasteiger partial charge in [-0.2, -0.15) is 0 Å². The predicted molar refractivity (Wildman–Crippen MR) is 84.3 cm³/mol. The van der Waals surface area contributed by atoms with Gasteiger partial charge in [-0.15, -0.1) is 0 Å². The minimum absolute atomic E-state index is 0.0299. The number of piperidine rings is 1. The molecule has 2 rings (SSSR count). The predicted octanol–water partition coefficient (Wildman–Crippen LogP) is 2.79. The summed E-state index contributed by atoms with van der Waals surface area (Å²) >= 11 is 0. The number of carbonyl (C=O) groups excluding carboxylic acids is 1.